The summed E-state index contributed by atoms with van der Waals surface area (Å²) in [4.78, 5) is 13.8. The minimum atomic E-state index is 0. The van der Waals surface area contributed by atoms with Crippen LogP contribution in [0.1, 0.15) is 23.5 Å². The number of benzene rings is 1. The lowest BCUT2D eigenvalue weighted by Gasteiger charge is -2.37. The summed E-state index contributed by atoms with van der Waals surface area (Å²) in [6.07, 6.45) is 3.38. The molecule has 0 bridgehead atoms. The number of aromatic nitrogens is 1. The van der Waals surface area contributed by atoms with Gasteiger partial charge in [-0.3, -0.25) is 4.99 Å². The van der Waals surface area contributed by atoms with E-state index in [1.807, 2.05) is 7.05 Å². The number of piperazine rings is 1. The largest absolute Gasteiger partial charge is 0.368 e. The van der Waals surface area contributed by atoms with Crippen molar-refractivity contribution in [3.8, 4) is 0 Å². The monoisotopic (exact) mass is 499 g/mol. The van der Waals surface area contributed by atoms with Gasteiger partial charge < -0.3 is 15.1 Å². The number of unbranched alkanes of at least 4 members (excludes halogenated alkanes) is 1. The van der Waals surface area contributed by atoms with Gasteiger partial charge in [0, 0.05) is 56.5 Å². The fraction of sp³-hybridized carbons (Fsp3) is 0.500. The highest BCUT2D eigenvalue weighted by Gasteiger charge is 2.19. The summed E-state index contributed by atoms with van der Waals surface area (Å²) in [5.41, 5.74) is 2.45. The summed E-state index contributed by atoms with van der Waals surface area (Å²) in [5.74, 6) is 1.03. The molecule has 3 rings (SSSR count). The Morgan fingerprint density at radius 1 is 1.15 bits per heavy atom. The van der Waals surface area contributed by atoms with E-state index in [9.17, 15) is 0 Å². The molecular weight excluding hydrogens is 469 g/mol. The molecule has 1 aliphatic heterocycles. The van der Waals surface area contributed by atoms with Crippen LogP contribution in [-0.4, -0.2) is 55.6 Å². The lowest BCUT2D eigenvalue weighted by Crippen LogP contribution is -2.52. The Bertz CT molecular complexity index is 695. The van der Waals surface area contributed by atoms with Gasteiger partial charge in [-0.05, 0) is 38.3 Å². The first-order valence-corrected chi connectivity index (χ1v) is 10.3. The van der Waals surface area contributed by atoms with Crippen molar-refractivity contribution in [1.29, 1.82) is 0 Å². The van der Waals surface area contributed by atoms with Crippen LogP contribution in [-0.2, 0) is 6.42 Å². The first kappa shape index (κ1) is 21.9. The normalized spacial score (nSPS) is 14.8. The molecule has 1 aromatic heterocycles. The second-order valence-corrected chi connectivity index (χ2v) is 7.57. The van der Waals surface area contributed by atoms with Gasteiger partial charge in [0.15, 0.2) is 5.96 Å². The minimum Gasteiger partial charge on any atom is -0.368 e. The van der Waals surface area contributed by atoms with Crippen molar-refractivity contribution in [2.24, 2.45) is 4.99 Å². The first-order valence-electron chi connectivity index (χ1n) is 9.43. The molecule has 1 aromatic carbocycles. The van der Waals surface area contributed by atoms with Crippen molar-refractivity contribution in [1.82, 2.24) is 15.2 Å². The number of aliphatic imine (C=N–C) groups is 1. The molecule has 148 valence electrons. The van der Waals surface area contributed by atoms with E-state index in [0.717, 1.165) is 57.2 Å². The quantitative estimate of drug-likeness (QED) is 0.284. The Morgan fingerprint density at radius 3 is 2.52 bits per heavy atom. The zero-order valence-corrected chi connectivity index (χ0v) is 19.4. The Balaban J connectivity index is 0.00000261. The van der Waals surface area contributed by atoms with Gasteiger partial charge in [0.1, 0.15) is 0 Å². The Labute approximate surface area is 183 Å². The lowest BCUT2D eigenvalue weighted by molar-refractivity contribution is 0.372. The number of hydrogen-bond donors (Lipinski definition) is 1. The summed E-state index contributed by atoms with van der Waals surface area (Å²) < 4.78 is 0. The van der Waals surface area contributed by atoms with Gasteiger partial charge in [-0.25, -0.2) is 4.98 Å². The second-order valence-electron chi connectivity index (χ2n) is 6.62. The van der Waals surface area contributed by atoms with E-state index in [1.54, 1.807) is 11.3 Å². The maximum Gasteiger partial charge on any atom is 0.193 e. The second kappa shape index (κ2) is 11.5. The predicted molar refractivity (Wildman–Crippen MR) is 127 cm³/mol. The van der Waals surface area contributed by atoms with Crippen molar-refractivity contribution in [2.45, 2.75) is 26.2 Å². The molecule has 0 saturated carbocycles. The molecule has 0 radical (unpaired) electrons. The molecule has 1 N–H and O–H groups in total. The number of para-hydroxylation sites is 1. The van der Waals surface area contributed by atoms with E-state index >= 15 is 0 Å². The van der Waals surface area contributed by atoms with Gasteiger partial charge in [0.2, 0.25) is 0 Å². The minimum absolute atomic E-state index is 0. The third-order valence-electron chi connectivity index (χ3n) is 4.68. The van der Waals surface area contributed by atoms with Crippen LogP contribution in [0, 0.1) is 6.92 Å². The molecule has 0 atom stereocenters. The number of anilines is 1. The summed E-state index contributed by atoms with van der Waals surface area (Å²) >= 11 is 1.77. The van der Waals surface area contributed by atoms with Gasteiger partial charge >= 0.3 is 0 Å². The summed E-state index contributed by atoms with van der Waals surface area (Å²) in [7, 11) is 1.88. The number of rotatable bonds is 6. The highest BCUT2D eigenvalue weighted by Crippen LogP contribution is 2.15. The third-order valence-corrected chi connectivity index (χ3v) is 5.71. The van der Waals surface area contributed by atoms with Crippen LogP contribution in [0.25, 0.3) is 0 Å². The topological polar surface area (TPSA) is 43.8 Å². The highest BCUT2D eigenvalue weighted by molar-refractivity contribution is 14.0. The fourth-order valence-electron chi connectivity index (χ4n) is 3.27. The van der Waals surface area contributed by atoms with Gasteiger partial charge in [0.25, 0.3) is 0 Å². The van der Waals surface area contributed by atoms with E-state index in [4.69, 9.17) is 0 Å². The number of halogens is 1. The third kappa shape index (κ3) is 6.64. The number of aryl methyl sites for hydroxylation is 2. The SMILES string of the molecule is CN=C(NCCCCc1nc(C)cs1)N1CCN(c2ccccc2)CC1.I. The average Bonchev–Trinajstić information content (AvgIpc) is 3.11. The molecule has 27 heavy (non-hydrogen) atoms. The molecule has 1 saturated heterocycles. The molecule has 7 heteroatoms. The number of nitrogens with zero attached hydrogens (tertiary/aromatic N) is 4. The van der Waals surface area contributed by atoms with Crippen LogP contribution in [0.2, 0.25) is 0 Å². The molecule has 2 heterocycles. The van der Waals surface area contributed by atoms with Crippen molar-refractivity contribution in [2.75, 3.05) is 44.7 Å². The van der Waals surface area contributed by atoms with Gasteiger partial charge in [0.05, 0.1) is 5.01 Å². The van der Waals surface area contributed by atoms with E-state index in [2.05, 4.69) is 67.7 Å². The summed E-state index contributed by atoms with van der Waals surface area (Å²) in [6, 6.07) is 10.7. The fourth-order valence-corrected chi connectivity index (χ4v) is 4.08. The van der Waals surface area contributed by atoms with Crippen LogP contribution in [0.4, 0.5) is 5.69 Å². The molecule has 0 amide bonds. The number of nitrogens with one attached hydrogen (secondary N) is 1. The first-order chi connectivity index (χ1) is 12.8. The van der Waals surface area contributed by atoms with Crippen LogP contribution in [0.15, 0.2) is 40.7 Å². The molecule has 1 aliphatic rings. The van der Waals surface area contributed by atoms with Crippen LogP contribution in [0.5, 0.6) is 0 Å². The van der Waals surface area contributed by atoms with Crippen molar-refractivity contribution < 1.29 is 0 Å². The van der Waals surface area contributed by atoms with E-state index in [-0.39, 0.29) is 24.0 Å². The molecular formula is C20H30IN5S. The van der Waals surface area contributed by atoms with Gasteiger partial charge in [-0.1, -0.05) is 18.2 Å². The van der Waals surface area contributed by atoms with E-state index < -0.39 is 0 Å². The number of hydrogen-bond acceptors (Lipinski definition) is 4. The Hall–Kier alpha value is -1.35. The molecule has 5 nitrogen and oxygen atoms in total. The lowest BCUT2D eigenvalue weighted by atomic mass is 10.2. The van der Waals surface area contributed by atoms with E-state index in [1.165, 1.54) is 17.1 Å². The van der Waals surface area contributed by atoms with Crippen molar-refractivity contribution in [3.05, 3.63) is 46.4 Å². The maximum atomic E-state index is 4.53. The van der Waals surface area contributed by atoms with Crippen LogP contribution >= 0.6 is 35.3 Å². The van der Waals surface area contributed by atoms with Crippen LogP contribution < -0.4 is 10.2 Å². The van der Waals surface area contributed by atoms with Crippen molar-refractivity contribution in [3.63, 3.8) is 0 Å². The van der Waals surface area contributed by atoms with Gasteiger partial charge in [-0.15, -0.1) is 35.3 Å². The molecule has 1 fully saturated rings. The molecule has 2 aromatic rings. The predicted octanol–water partition coefficient (Wildman–Crippen LogP) is 3.79. The molecule has 0 aliphatic carbocycles. The Morgan fingerprint density at radius 2 is 1.89 bits per heavy atom. The smallest absolute Gasteiger partial charge is 0.193 e. The van der Waals surface area contributed by atoms with Gasteiger partial charge in [-0.2, -0.15) is 0 Å². The summed E-state index contributed by atoms with van der Waals surface area (Å²) in [6.45, 7) is 7.11. The standard InChI is InChI=1S/C20H29N5S.HI/c1-17-16-26-19(23-17)10-6-7-11-22-20(21-2)25-14-12-24(13-15-25)18-8-4-3-5-9-18;/h3-5,8-9,16H,6-7,10-15H2,1-2H3,(H,21,22);1H. The molecule has 0 spiro atoms. The highest BCUT2D eigenvalue weighted by atomic mass is 127. The van der Waals surface area contributed by atoms with E-state index in [0.29, 0.717) is 0 Å². The molecule has 0 unspecified atom stereocenters. The van der Waals surface area contributed by atoms with Crippen molar-refractivity contribution >= 4 is 47.0 Å². The Kier molecular flexibility index (Phi) is 9.33. The summed E-state index contributed by atoms with van der Waals surface area (Å²) in [5, 5.41) is 6.91. The number of guanidine groups is 1. The zero-order chi connectivity index (χ0) is 18.2. The maximum absolute atomic E-state index is 4.53. The average molecular weight is 499 g/mol. The zero-order valence-electron chi connectivity index (χ0n) is 16.2. The number of thiazole rings is 1. The van der Waals surface area contributed by atoms with Crippen LogP contribution in [0.3, 0.4) is 0 Å².